The van der Waals surface area contributed by atoms with Crippen molar-refractivity contribution in [2.45, 2.75) is 12.4 Å². The van der Waals surface area contributed by atoms with Crippen molar-refractivity contribution in [3.8, 4) is 0 Å². The van der Waals surface area contributed by atoms with Gasteiger partial charge in [-0.25, -0.2) is 4.79 Å². The predicted octanol–water partition coefficient (Wildman–Crippen LogP) is 2.61. The molecule has 102 valence electrons. The van der Waals surface area contributed by atoms with Gasteiger partial charge in [0.2, 0.25) is 0 Å². The smallest absolute Gasteiger partial charge is 0.338 e. The Morgan fingerprint density at radius 1 is 1.05 bits per heavy atom. The Labute approximate surface area is 116 Å². The van der Waals surface area contributed by atoms with Crippen LogP contribution in [0, 0.1) is 0 Å². The van der Waals surface area contributed by atoms with Gasteiger partial charge < -0.3 is 14.6 Å². The van der Waals surface area contributed by atoms with Crippen LogP contribution in [-0.2, 0) is 9.47 Å². The second kappa shape index (κ2) is 5.45. The van der Waals surface area contributed by atoms with Gasteiger partial charge in [-0.05, 0) is 17.7 Å². The standard InChI is InChI=1S/C16H14O4/c17-15(11-6-2-1-3-7-11)19-10-14-12-8-4-5-9-13(12)16(18)20-14/h1-9,14,16,18H,10H2/t14-,16?/m1/s1. The van der Waals surface area contributed by atoms with Crippen LogP contribution in [0.15, 0.2) is 54.6 Å². The lowest BCUT2D eigenvalue weighted by molar-refractivity contribution is -0.132. The zero-order valence-electron chi connectivity index (χ0n) is 10.7. The van der Waals surface area contributed by atoms with Crippen LogP contribution in [0.3, 0.4) is 0 Å². The van der Waals surface area contributed by atoms with Crippen molar-refractivity contribution in [2.24, 2.45) is 0 Å². The molecule has 1 aliphatic rings. The average Bonchev–Trinajstić information content (AvgIpc) is 2.83. The number of aliphatic hydroxyl groups excluding tert-OH is 1. The number of carbonyl (C=O) groups excluding carboxylic acids is 1. The van der Waals surface area contributed by atoms with Crippen LogP contribution in [0.5, 0.6) is 0 Å². The second-order valence-corrected chi connectivity index (χ2v) is 4.57. The van der Waals surface area contributed by atoms with E-state index in [1.165, 1.54) is 0 Å². The van der Waals surface area contributed by atoms with Gasteiger partial charge in [-0.15, -0.1) is 0 Å². The summed E-state index contributed by atoms with van der Waals surface area (Å²) in [5.74, 6) is -0.395. The molecule has 1 aliphatic heterocycles. The molecule has 1 heterocycles. The van der Waals surface area contributed by atoms with E-state index in [0.29, 0.717) is 5.56 Å². The van der Waals surface area contributed by atoms with Crippen molar-refractivity contribution < 1.29 is 19.4 Å². The van der Waals surface area contributed by atoms with Gasteiger partial charge in [0.15, 0.2) is 6.29 Å². The minimum absolute atomic E-state index is 0.0851. The molecular formula is C16H14O4. The van der Waals surface area contributed by atoms with Gasteiger partial charge >= 0.3 is 5.97 Å². The number of ether oxygens (including phenoxy) is 2. The van der Waals surface area contributed by atoms with Crippen LogP contribution in [0.2, 0.25) is 0 Å². The van der Waals surface area contributed by atoms with Crippen molar-refractivity contribution in [3.05, 3.63) is 71.3 Å². The van der Waals surface area contributed by atoms with Crippen LogP contribution in [0.4, 0.5) is 0 Å². The Morgan fingerprint density at radius 2 is 1.70 bits per heavy atom. The summed E-state index contributed by atoms with van der Waals surface area (Å²) < 4.78 is 10.6. The summed E-state index contributed by atoms with van der Waals surface area (Å²) in [6, 6.07) is 16.2. The molecule has 0 radical (unpaired) electrons. The van der Waals surface area contributed by atoms with E-state index in [1.54, 1.807) is 30.3 Å². The molecule has 0 amide bonds. The lowest BCUT2D eigenvalue weighted by Crippen LogP contribution is -2.12. The fourth-order valence-corrected chi connectivity index (χ4v) is 2.27. The molecule has 1 N–H and O–H groups in total. The normalized spacial score (nSPS) is 20.4. The molecule has 0 aliphatic carbocycles. The van der Waals surface area contributed by atoms with Crippen molar-refractivity contribution in [1.29, 1.82) is 0 Å². The topological polar surface area (TPSA) is 55.8 Å². The Hall–Kier alpha value is -2.17. The summed E-state index contributed by atoms with van der Waals surface area (Å²) in [5.41, 5.74) is 2.09. The zero-order chi connectivity index (χ0) is 13.9. The van der Waals surface area contributed by atoms with Gasteiger partial charge in [0, 0.05) is 5.56 Å². The van der Waals surface area contributed by atoms with Gasteiger partial charge in [-0.3, -0.25) is 0 Å². The first-order chi connectivity index (χ1) is 9.75. The molecule has 0 bridgehead atoms. The molecule has 4 nitrogen and oxygen atoms in total. The number of hydrogen-bond donors (Lipinski definition) is 1. The fraction of sp³-hybridized carbons (Fsp3) is 0.188. The van der Waals surface area contributed by atoms with E-state index in [9.17, 15) is 9.90 Å². The maximum atomic E-state index is 11.9. The highest BCUT2D eigenvalue weighted by molar-refractivity contribution is 5.89. The minimum atomic E-state index is -0.952. The summed E-state index contributed by atoms with van der Waals surface area (Å²) in [5, 5.41) is 9.77. The Bertz CT molecular complexity index is 609. The van der Waals surface area contributed by atoms with Gasteiger partial charge in [0.1, 0.15) is 12.7 Å². The van der Waals surface area contributed by atoms with Crippen molar-refractivity contribution >= 4 is 5.97 Å². The highest BCUT2D eigenvalue weighted by Crippen LogP contribution is 2.37. The van der Waals surface area contributed by atoms with E-state index in [2.05, 4.69) is 0 Å². The Morgan fingerprint density at radius 3 is 2.45 bits per heavy atom. The number of hydrogen-bond acceptors (Lipinski definition) is 4. The third kappa shape index (κ3) is 2.43. The Kier molecular flexibility index (Phi) is 3.50. The van der Waals surface area contributed by atoms with E-state index in [-0.39, 0.29) is 6.61 Å². The highest BCUT2D eigenvalue weighted by atomic mass is 16.6. The van der Waals surface area contributed by atoms with Crippen LogP contribution in [0.25, 0.3) is 0 Å². The van der Waals surface area contributed by atoms with Crippen LogP contribution >= 0.6 is 0 Å². The molecule has 20 heavy (non-hydrogen) atoms. The number of benzene rings is 2. The maximum absolute atomic E-state index is 11.9. The lowest BCUT2D eigenvalue weighted by Gasteiger charge is -2.12. The molecule has 2 aromatic carbocycles. The molecule has 3 rings (SSSR count). The van der Waals surface area contributed by atoms with E-state index in [0.717, 1.165) is 11.1 Å². The van der Waals surface area contributed by atoms with Gasteiger partial charge in [0.25, 0.3) is 0 Å². The summed E-state index contributed by atoms with van der Waals surface area (Å²) in [7, 11) is 0. The Balaban J connectivity index is 1.67. The largest absolute Gasteiger partial charge is 0.459 e. The number of aliphatic hydroxyl groups is 1. The first-order valence-electron chi connectivity index (χ1n) is 6.40. The fourth-order valence-electron chi connectivity index (χ4n) is 2.27. The summed E-state index contributed by atoms with van der Waals surface area (Å²) >= 11 is 0. The first kappa shape index (κ1) is 12.8. The summed E-state index contributed by atoms with van der Waals surface area (Å²) in [6.45, 7) is 0.0851. The predicted molar refractivity (Wildman–Crippen MR) is 72.0 cm³/mol. The average molecular weight is 270 g/mol. The van der Waals surface area contributed by atoms with E-state index >= 15 is 0 Å². The molecule has 0 saturated heterocycles. The third-order valence-electron chi connectivity index (χ3n) is 3.28. The summed E-state index contributed by atoms with van der Waals surface area (Å²) in [6.07, 6.45) is -1.37. The van der Waals surface area contributed by atoms with Crippen molar-refractivity contribution in [3.63, 3.8) is 0 Å². The number of esters is 1. The highest BCUT2D eigenvalue weighted by Gasteiger charge is 2.30. The number of rotatable bonds is 3. The molecule has 4 heteroatoms. The molecule has 0 fully saturated rings. The van der Waals surface area contributed by atoms with Gasteiger partial charge in [-0.2, -0.15) is 0 Å². The van der Waals surface area contributed by atoms with Gasteiger partial charge in [-0.1, -0.05) is 42.5 Å². The number of fused-ring (bicyclic) bond motifs is 1. The molecule has 2 atom stereocenters. The third-order valence-corrected chi connectivity index (χ3v) is 3.28. The van der Waals surface area contributed by atoms with Gasteiger partial charge in [0.05, 0.1) is 5.56 Å². The molecule has 2 aromatic rings. The van der Waals surface area contributed by atoms with E-state index in [1.807, 2.05) is 24.3 Å². The second-order valence-electron chi connectivity index (χ2n) is 4.57. The van der Waals surface area contributed by atoms with Crippen molar-refractivity contribution in [2.75, 3.05) is 6.61 Å². The molecular weight excluding hydrogens is 256 g/mol. The number of carbonyl (C=O) groups is 1. The van der Waals surface area contributed by atoms with E-state index < -0.39 is 18.4 Å². The van der Waals surface area contributed by atoms with Crippen LogP contribution in [-0.4, -0.2) is 17.7 Å². The van der Waals surface area contributed by atoms with Crippen LogP contribution < -0.4 is 0 Å². The minimum Gasteiger partial charge on any atom is -0.459 e. The lowest BCUT2D eigenvalue weighted by atomic mass is 10.1. The SMILES string of the molecule is O=C(OC[C@H]1OC(O)c2ccccc21)c1ccccc1. The molecule has 0 aromatic heterocycles. The summed E-state index contributed by atoms with van der Waals surface area (Å²) in [4.78, 5) is 11.9. The quantitative estimate of drug-likeness (QED) is 0.871. The maximum Gasteiger partial charge on any atom is 0.338 e. The zero-order valence-corrected chi connectivity index (χ0v) is 10.7. The van der Waals surface area contributed by atoms with E-state index in [4.69, 9.17) is 9.47 Å². The molecule has 1 unspecified atom stereocenters. The molecule has 0 spiro atoms. The molecule has 0 saturated carbocycles. The van der Waals surface area contributed by atoms with Crippen LogP contribution in [0.1, 0.15) is 33.9 Å². The van der Waals surface area contributed by atoms with Crippen molar-refractivity contribution in [1.82, 2.24) is 0 Å². The monoisotopic (exact) mass is 270 g/mol. The first-order valence-corrected chi connectivity index (χ1v) is 6.40.